The summed E-state index contributed by atoms with van der Waals surface area (Å²) in [5.74, 6) is 0. The molecule has 0 saturated carbocycles. The predicted octanol–water partition coefficient (Wildman–Crippen LogP) is 3.66. The first-order valence-electron chi connectivity index (χ1n) is 5.93. The molecule has 3 rings (SSSR count). The maximum absolute atomic E-state index is 2.26. The van der Waals surface area contributed by atoms with Gasteiger partial charge in [-0.25, -0.2) is 0 Å². The first kappa shape index (κ1) is 11.2. The quantitative estimate of drug-likeness (QED) is 0.781. The molecule has 0 aliphatic heterocycles. The van der Waals surface area contributed by atoms with E-state index in [1.54, 1.807) is 0 Å². The van der Waals surface area contributed by atoms with Gasteiger partial charge in [0, 0.05) is 0 Å². The van der Waals surface area contributed by atoms with Crippen molar-refractivity contribution in [3.8, 4) is 0 Å². The van der Waals surface area contributed by atoms with E-state index in [2.05, 4.69) is 54.7 Å². The summed E-state index contributed by atoms with van der Waals surface area (Å²) in [6.45, 7) is 0. The van der Waals surface area contributed by atoms with Crippen molar-refractivity contribution >= 4 is 14.4 Å². The number of hydrogen-bond acceptors (Lipinski definition) is 0. The third-order valence-corrected chi connectivity index (χ3v) is 4.30. The van der Waals surface area contributed by atoms with E-state index in [1.807, 2.05) is 0 Å². The molecule has 83 valence electrons. The van der Waals surface area contributed by atoms with Crippen molar-refractivity contribution < 1.29 is 26.1 Å². The Morgan fingerprint density at radius 2 is 1.65 bits per heavy atom. The van der Waals surface area contributed by atoms with E-state index in [9.17, 15) is 0 Å². The molecule has 0 bridgehead atoms. The van der Waals surface area contributed by atoms with Gasteiger partial charge in [-0.15, -0.1) is 0 Å². The summed E-state index contributed by atoms with van der Waals surface area (Å²) in [5.41, 5.74) is 5.84. The number of rotatable bonds is 2. The third-order valence-electron chi connectivity index (χ3n) is 3.27. The Morgan fingerprint density at radius 1 is 0.941 bits per heavy atom. The summed E-state index contributed by atoms with van der Waals surface area (Å²) >= 11 is 1.50. The van der Waals surface area contributed by atoms with Crippen LogP contribution in [-0.2, 0) is 24.7 Å². The van der Waals surface area contributed by atoms with Crippen LogP contribution in [0.15, 0.2) is 54.7 Å². The summed E-state index contributed by atoms with van der Waals surface area (Å²) in [5, 5.41) is 0. The van der Waals surface area contributed by atoms with Crippen molar-refractivity contribution in [3.05, 3.63) is 65.8 Å². The van der Waals surface area contributed by atoms with E-state index in [0.717, 1.165) is 12.8 Å². The first-order chi connectivity index (χ1) is 8.36. The Kier molecular flexibility index (Phi) is 3.12. The zero-order valence-corrected chi connectivity index (χ0v) is 12.1. The van der Waals surface area contributed by atoms with Crippen LogP contribution in [-0.4, -0.2) is 0 Å². The van der Waals surface area contributed by atoms with Gasteiger partial charge in [0.05, 0.1) is 0 Å². The molecule has 0 unspecified atom stereocenters. The van der Waals surface area contributed by atoms with E-state index < -0.39 is 0 Å². The molecule has 0 atom stereocenters. The van der Waals surface area contributed by atoms with Crippen LogP contribution in [0, 0.1) is 0 Å². The van der Waals surface area contributed by atoms with Crippen molar-refractivity contribution in [1.29, 1.82) is 0 Å². The molecule has 1 aromatic rings. The molecule has 0 spiro atoms. The fourth-order valence-corrected chi connectivity index (χ4v) is 3.41. The van der Waals surface area contributed by atoms with E-state index >= 15 is 0 Å². The monoisotopic (exact) mass is 296 g/mol. The second-order valence-electron chi connectivity index (χ2n) is 4.38. The molecule has 1 aromatic carbocycles. The van der Waals surface area contributed by atoms with Crippen LogP contribution < -0.4 is 3.27 Å². The fraction of sp³-hybridized carbons (Fsp3) is 0.125. The third kappa shape index (κ3) is 2.09. The Hall–Kier alpha value is -0.937. The number of hydrogen-bond donors (Lipinski definition) is 0. The molecule has 1 heteroatoms. The standard InChI is InChI=1S/C16H13.Zr.H/c1-2-8-13(7-1)15-11-5-6-12-16(15)14-9-3-4-10-14;;/h1-7,9,11H,8,10H2;;/q;;-1. The maximum atomic E-state index is 2.26. The van der Waals surface area contributed by atoms with Gasteiger partial charge in [-0.1, -0.05) is 0 Å². The van der Waals surface area contributed by atoms with Crippen molar-refractivity contribution in [2.45, 2.75) is 12.8 Å². The average Bonchev–Trinajstić information content (AvgIpc) is 3.02. The molecule has 2 aliphatic rings. The van der Waals surface area contributed by atoms with E-state index in [-0.39, 0.29) is 1.43 Å². The molecule has 0 heterocycles. The summed E-state index contributed by atoms with van der Waals surface area (Å²) in [6, 6.07) is 6.70. The van der Waals surface area contributed by atoms with Crippen molar-refractivity contribution in [3.63, 3.8) is 0 Å². The zero-order valence-electron chi connectivity index (χ0n) is 10.6. The molecule has 17 heavy (non-hydrogen) atoms. The summed E-state index contributed by atoms with van der Waals surface area (Å²) < 4.78 is 1.47. The van der Waals surface area contributed by atoms with Gasteiger partial charge in [0.25, 0.3) is 0 Å². The predicted molar refractivity (Wildman–Crippen MR) is 70.7 cm³/mol. The van der Waals surface area contributed by atoms with Crippen LogP contribution in [0.1, 0.15) is 25.4 Å². The van der Waals surface area contributed by atoms with Crippen LogP contribution >= 0.6 is 0 Å². The van der Waals surface area contributed by atoms with Gasteiger partial charge >= 0.3 is 118 Å². The fourth-order valence-electron chi connectivity index (χ4n) is 2.45. The van der Waals surface area contributed by atoms with Crippen LogP contribution in [0.4, 0.5) is 0 Å². The Balaban J connectivity index is 0.00000120. The molecule has 0 radical (unpaired) electrons. The van der Waals surface area contributed by atoms with Gasteiger partial charge in [0.1, 0.15) is 0 Å². The Morgan fingerprint density at radius 3 is 2.29 bits per heavy atom. The molecule has 0 aromatic heterocycles. The summed E-state index contributed by atoms with van der Waals surface area (Å²) in [6.07, 6.45) is 15.5. The first-order valence-corrected chi connectivity index (χ1v) is 7.16. The molecular weight excluding hydrogens is 283 g/mol. The van der Waals surface area contributed by atoms with Crippen LogP contribution in [0.5, 0.6) is 0 Å². The van der Waals surface area contributed by atoms with Crippen LogP contribution in [0.25, 0.3) is 11.1 Å². The molecule has 0 N–H and O–H groups in total. The van der Waals surface area contributed by atoms with Gasteiger partial charge in [-0.3, -0.25) is 0 Å². The van der Waals surface area contributed by atoms with E-state index in [0.29, 0.717) is 0 Å². The SMILES string of the molecule is [H-].[Zr][c]1cccc(C2=CC=CC2)c1C1=CC=CC1. The molecular formula is C16H14Zr-. The van der Waals surface area contributed by atoms with Gasteiger partial charge < -0.3 is 1.43 Å². The van der Waals surface area contributed by atoms with E-state index in [4.69, 9.17) is 0 Å². The van der Waals surface area contributed by atoms with Gasteiger partial charge in [0.2, 0.25) is 0 Å². The Labute approximate surface area is 119 Å². The van der Waals surface area contributed by atoms with Crippen LogP contribution in [0.3, 0.4) is 0 Å². The molecule has 0 saturated heterocycles. The Bertz CT molecular complexity index is 577. The van der Waals surface area contributed by atoms with Crippen LogP contribution in [0.2, 0.25) is 0 Å². The molecule has 0 nitrogen and oxygen atoms in total. The number of allylic oxidation sites excluding steroid dienone is 8. The summed E-state index contributed by atoms with van der Waals surface area (Å²) in [4.78, 5) is 0. The average molecular weight is 298 g/mol. The van der Waals surface area contributed by atoms with E-state index in [1.165, 1.54) is 50.3 Å². The topological polar surface area (TPSA) is 0 Å². The van der Waals surface area contributed by atoms with Gasteiger partial charge in [0.15, 0.2) is 0 Å². The van der Waals surface area contributed by atoms with Gasteiger partial charge in [-0.05, 0) is 0 Å². The zero-order chi connectivity index (χ0) is 11.7. The molecule has 0 fully saturated rings. The van der Waals surface area contributed by atoms with Crippen molar-refractivity contribution in [2.24, 2.45) is 0 Å². The second kappa shape index (κ2) is 4.74. The second-order valence-corrected chi connectivity index (χ2v) is 5.70. The number of benzene rings is 1. The minimum atomic E-state index is 0. The normalized spacial score (nSPS) is 17.4. The van der Waals surface area contributed by atoms with Crippen molar-refractivity contribution in [1.82, 2.24) is 0 Å². The van der Waals surface area contributed by atoms with Crippen molar-refractivity contribution in [2.75, 3.05) is 0 Å². The molecule has 2 aliphatic carbocycles. The molecule has 0 amide bonds. The summed E-state index contributed by atoms with van der Waals surface area (Å²) in [7, 11) is 0. The minimum absolute atomic E-state index is 0. The van der Waals surface area contributed by atoms with Gasteiger partial charge in [-0.2, -0.15) is 0 Å².